The largest absolute Gasteiger partial charge is 0.492 e. The minimum Gasteiger partial charge on any atom is -0.492 e. The molecule has 0 saturated carbocycles. The number of hydrogen-bond donors (Lipinski definition) is 0. The summed E-state index contributed by atoms with van der Waals surface area (Å²) in [4.78, 5) is 6.59. The lowest BCUT2D eigenvalue weighted by molar-refractivity contribution is 0.153. The molecule has 1 atom stereocenters. The van der Waals surface area contributed by atoms with Gasteiger partial charge in [-0.1, -0.05) is 6.42 Å². The lowest BCUT2D eigenvalue weighted by atomic mass is 10.0. The summed E-state index contributed by atoms with van der Waals surface area (Å²) in [6.07, 6.45) is 6.86. The number of hydrogen-bond acceptors (Lipinski definition) is 3. The molecule has 1 fully saturated rings. The van der Waals surface area contributed by atoms with Crippen molar-refractivity contribution in [2.45, 2.75) is 31.7 Å². The summed E-state index contributed by atoms with van der Waals surface area (Å²) >= 11 is 3.31. The molecule has 1 aromatic heterocycles. The molecule has 4 heteroatoms. The summed E-state index contributed by atoms with van der Waals surface area (Å²) in [5.41, 5.74) is 0. The van der Waals surface area contributed by atoms with Crippen LogP contribution in [0.3, 0.4) is 0 Å². The van der Waals surface area contributed by atoms with Gasteiger partial charge in [0.05, 0.1) is 12.8 Å². The van der Waals surface area contributed by atoms with E-state index in [1.807, 2.05) is 12.1 Å². The van der Waals surface area contributed by atoms with E-state index in [1.165, 1.54) is 25.8 Å². The van der Waals surface area contributed by atoms with Crippen LogP contribution in [0.15, 0.2) is 22.9 Å². The van der Waals surface area contributed by atoms with Crippen molar-refractivity contribution < 1.29 is 4.74 Å². The molecular formula is C13H19BrN2O. The minimum absolute atomic E-state index is 0.687. The Kier molecular flexibility index (Phi) is 4.80. The van der Waals surface area contributed by atoms with Gasteiger partial charge in [-0.15, -0.1) is 0 Å². The third kappa shape index (κ3) is 3.96. The average Bonchev–Trinajstić information content (AvgIpc) is 2.34. The number of rotatable bonds is 4. The van der Waals surface area contributed by atoms with E-state index < -0.39 is 0 Å². The quantitative estimate of drug-likeness (QED) is 0.799. The molecule has 0 bridgehead atoms. The van der Waals surface area contributed by atoms with Crippen LogP contribution in [0.2, 0.25) is 0 Å². The molecule has 0 aromatic carbocycles. The van der Waals surface area contributed by atoms with Crippen LogP contribution in [0.4, 0.5) is 0 Å². The van der Waals surface area contributed by atoms with E-state index in [9.17, 15) is 0 Å². The first-order valence-electron chi connectivity index (χ1n) is 6.20. The molecule has 0 N–H and O–H groups in total. The zero-order valence-electron chi connectivity index (χ0n) is 10.2. The zero-order chi connectivity index (χ0) is 12.1. The van der Waals surface area contributed by atoms with Crippen molar-refractivity contribution >= 4 is 15.9 Å². The molecule has 0 spiro atoms. The number of pyridine rings is 1. The highest BCUT2D eigenvalue weighted by Gasteiger charge is 2.18. The maximum atomic E-state index is 5.70. The second-order valence-corrected chi connectivity index (χ2v) is 5.40. The van der Waals surface area contributed by atoms with E-state index in [4.69, 9.17) is 4.74 Å². The Labute approximate surface area is 111 Å². The van der Waals surface area contributed by atoms with Crippen LogP contribution in [0.1, 0.15) is 25.7 Å². The monoisotopic (exact) mass is 298 g/mol. The fraction of sp³-hybridized carbons (Fsp3) is 0.615. The number of aromatic nitrogens is 1. The van der Waals surface area contributed by atoms with Crippen LogP contribution in [-0.2, 0) is 0 Å². The predicted molar refractivity (Wildman–Crippen MR) is 72.3 cm³/mol. The van der Waals surface area contributed by atoms with Gasteiger partial charge in [0.15, 0.2) is 0 Å². The molecule has 0 aliphatic carbocycles. The molecule has 3 nitrogen and oxygen atoms in total. The molecule has 0 radical (unpaired) electrons. The molecule has 0 amide bonds. The number of nitrogens with zero attached hydrogens (tertiary/aromatic N) is 2. The summed E-state index contributed by atoms with van der Waals surface area (Å²) < 4.78 is 6.55. The topological polar surface area (TPSA) is 25.4 Å². The van der Waals surface area contributed by atoms with Crippen molar-refractivity contribution in [3.05, 3.63) is 22.9 Å². The van der Waals surface area contributed by atoms with Crippen LogP contribution in [-0.4, -0.2) is 36.1 Å². The number of piperidine rings is 1. The summed E-state index contributed by atoms with van der Waals surface area (Å²) in [6, 6.07) is 4.54. The summed E-state index contributed by atoms with van der Waals surface area (Å²) in [5, 5.41) is 0. The molecule has 94 valence electrons. The number of likely N-dealkylation sites (tertiary alicyclic amines) is 1. The molecule has 1 aromatic rings. The third-order valence-electron chi connectivity index (χ3n) is 3.34. The van der Waals surface area contributed by atoms with Crippen LogP contribution in [0.25, 0.3) is 0 Å². The molecular weight excluding hydrogens is 280 g/mol. The molecule has 1 aliphatic rings. The van der Waals surface area contributed by atoms with Crippen LogP contribution in [0.5, 0.6) is 5.75 Å². The van der Waals surface area contributed by atoms with Gasteiger partial charge in [-0.2, -0.15) is 0 Å². The first-order chi connectivity index (χ1) is 8.25. The Morgan fingerprint density at radius 2 is 2.35 bits per heavy atom. The summed E-state index contributed by atoms with van der Waals surface area (Å²) in [6.45, 7) is 2.00. The lowest BCUT2D eigenvalue weighted by Crippen LogP contribution is -2.37. The van der Waals surface area contributed by atoms with E-state index in [0.29, 0.717) is 6.04 Å². The normalized spacial score (nSPS) is 21.4. The van der Waals surface area contributed by atoms with Crippen molar-refractivity contribution in [2.75, 3.05) is 20.2 Å². The summed E-state index contributed by atoms with van der Waals surface area (Å²) in [5.74, 6) is 0.853. The Hall–Kier alpha value is -0.610. The van der Waals surface area contributed by atoms with E-state index in [0.717, 1.165) is 23.4 Å². The van der Waals surface area contributed by atoms with Gasteiger partial charge in [0, 0.05) is 6.04 Å². The first-order valence-corrected chi connectivity index (χ1v) is 6.99. The van der Waals surface area contributed by atoms with Gasteiger partial charge in [-0.25, -0.2) is 4.98 Å². The van der Waals surface area contributed by atoms with Gasteiger partial charge in [-0.05, 0) is 60.9 Å². The maximum absolute atomic E-state index is 5.70. The van der Waals surface area contributed by atoms with Gasteiger partial charge in [0.1, 0.15) is 10.4 Å². The second-order valence-electron chi connectivity index (χ2n) is 4.58. The predicted octanol–water partition coefficient (Wildman–Crippen LogP) is 3.10. The van der Waals surface area contributed by atoms with Crippen molar-refractivity contribution in [3.8, 4) is 5.75 Å². The maximum Gasteiger partial charge on any atom is 0.137 e. The number of ether oxygens (including phenoxy) is 1. The first kappa shape index (κ1) is 12.8. The minimum atomic E-state index is 0.687. The Bertz CT molecular complexity index is 342. The van der Waals surface area contributed by atoms with Crippen LogP contribution in [0, 0.1) is 0 Å². The van der Waals surface area contributed by atoms with E-state index in [1.54, 1.807) is 6.20 Å². The zero-order valence-corrected chi connectivity index (χ0v) is 11.8. The Morgan fingerprint density at radius 1 is 1.47 bits per heavy atom. The standard InChI is InChI=1S/C13H19BrN2O/c1-16-8-3-2-4-11(16)7-9-17-12-5-6-13(14)15-10-12/h5-6,10-11H,2-4,7-9H2,1H3. The molecule has 17 heavy (non-hydrogen) atoms. The van der Waals surface area contributed by atoms with Gasteiger partial charge < -0.3 is 9.64 Å². The third-order valence-corrected chi connectivity index (χ3v) is 3.81. The highest BCUT2D eigenvalue weighted by atomic mass is 79.9. The van der Waals surface area contributed by atoms with E-state index >= 15 is 0 Å². The highest BCUT2D eigenvalue weighted by molar-refractivity contribution is 9.10. The average molecular weight is 299 g/mol. The fourth-order valence-electron chi connectivity index (χ4n) is 2.27. The van der Waals surface area contributed by atoms with Crippen LogP contribution >= 0.6 is 15.9 Å². The number of halogens is 1. The molecule has 2 rings (SSSR count). The summed E-state index contributed by atoms with van der Waals surface area (Å²) in [7, 11) is 2.21. The van der Waals surface area contributed by atoms with Gasteiger partial charge in [-0.3, -0.25) is 0 Å². The second kappa shape index (κ2) is 6.36. The van der Waals surface area contributed by atoms with Gasteiger partial charge in [0.2, 0.25) is 0 Å². The lowest BCUT2D eigenvalue weighted by Gasteiger charge is -2.32. The van der Waals surface area contributed by atoms with Gasteiger partial charge >= 0.3 is 0 Å². The smallest absolute Gasteiger partial charge is 0.137 e. The van der Waals surface area contributed by atoms with Crippen LogP contribution < -0.4 is 4.74 Å². The highest BCUT2D eigenvalue weighted by Crippen LogP contribution is 2.18. The van der Waals surface area contributed by atoms with Gasteiger partial charge in [0.25, 0.3) is 0 Å². The molecule has 1 unspecified atom stereocenters. The van der Waals surface area contributed by atoms with E-state index in [2.05, 4.69) is 32.9 Å². The fourth-order valence-corrected chi connectivity index (χ4v) is 2.50. The van der Waals surface area contributed by atoms with Crippen molar-refractivity contribution in [1.82, 2.24) is 9.88 Å². The Balaban J connectivity index is 1.73. The Morgan fingerprint density at radius 3 is 3.06 bits per heavy atom. The molecule has 1 aliphatic heterocycles. The molecule has 1 saturated heterocycles. The van der Waals surface area contributed by atoms with Crippen molar-refractivity contribution in [2.24, 2.45) is 0 Å². The molecule has 2 heterocycles. The van der Waals surface area contributed by atoms with Crippen molar-refractivity contribution in [1.29, 1.82) is 0 Å². The van der Waals surface area contributed by atoms with Crippen molar-refractivity contribution in [3.63, 3.8) is 0 Å². The SMILES string of the molecule is CN1CCCCC1CCOc1ccc(Br)nc1. The van der Waals surface area contributed by atoms with E-state index in [-0.39, 0.29) is 0 Å².